The summed E-state index contributed by atoms with van der Waals surface area (Å²) in [6.45, 7) is 2.76. The number of hydrogen-bond acceptors (Lipinski definition) is 5. The summed E-state index contributed by atoms with van der Waals surface area (Å²) >= 11 is 0. The zero-order valence-corrected chi connectivity index (χ0v) is 7.01. The molecule has 1 saturated heterocycles. The minimum atomic E-state index is -1.73. The number of aliphatic hydroxyl groups excluding tert-OH is 3. The number of aliphatic hydroxyl groups is 4. The fourth-order valence-corrected chi connectivity index (χ4v) is 1.31. The van der Waals surface area contributed by atoms with E-state index in [9.17, 15) is 15.3 Å². The molecule has 1 heterocycles. The van der Waals surface area contributed by atoms with Gasteiger partial charge in [-0.15, -0.1) is 0 Å². The molecule has 0 bridgehead atoms. The molecule has 0 radical (unpaired) electrons. The lowest BCUT2D eigenvalue weighted by Crippen LogP contribution is -2.64. The predicted octanol–water partition coefficient (Wildman–Crippen LogP) is -1.80. The van der Waals surface area contributed by atoms with Crippen molar-refractivity contribution < 1.29 is 25.2 Å². The molecule has 0 unspecified atom stereocenters. The summed E-state index contributed by atoms with van der Waals surface area (Å²) in [5.74, 6) is 0. The first-order valence-corrected chi connectivity index (χ1v) is 3.79. The van der Waals surface area contributed by atoms with Crippen LogP contribution >= 0.6 is 0 Å². The lowest BCUT2D eigenvalue weighted by molar-refractivity contribution is -0.309. The molecule has 0 saturated carbocycles. The summed E-state index contributed by atoms with van der Waals surface area (Å²) in [7, 11) is 0. The van der Waals surface area contributed by atoms with Gasteiger partial charge in [0.05, 0.1) is 6.10 Å². The van der Waals surface area contributed by atoms with Gasteiger partial charge in [0.1, 0.15) is 17.8 Å². The molecular formula is C7H14O5. The van der Waals surface area contributed by atoms with Gasteiger partial charge in [-0.05, 0) is 13.8 Å². The van der Waals surface area contributed by atoms with Gasteiger partial charge >= 0.3 is 0 Å². The second-order valence-electron chi connectivity index (χ2n) is 3.35. The Hall–Kier alpha value is -0.200. The van der Waals surface area contributed by atoms with Crippen LogP contribution in [0.5, 0.6) is 0 Å². The van der Waals surface area contributed by atoms with Gasteiger partial charge in [-0.1, -0.05) is 0 Å². The topological polar surface area (TPSA) is 90.2 Å². The van der Waals surface area contributed by atoms with Gasteiger partial charge in [0.25, 0.3) is 0 Å². The molecular weight excluding hydrogens is 164 g/mol. The molecule has 0 spiro atoms. The van der Waals surface area contributed by atoms with Crippen LogP contribution in [0, 0.1) is 0 Å². The van der Waals surface area contributed by atoms with Crippen LogP contribution in [0.3, 0.4) is 0 Å². The van der Waals surface area contributed by atoms with E-state index in [4.69, 9.17) is 9.84 Å². The third kappa shape index (κ3) is 1.34. The largest absolute Gasteiger partial charge is 0.387 e. The number of ether oxygens (including phenoxy) is 1. The fourth-order valence-electron chi connectivity index (χ4n) is 1.31. The fraction of sp³-hybridized carbons (Fsp3) is 1.00. The van der Waals surface area contributed by atoms with Gasteiger partial charge in [0.2, 0.25) is 0 Å². The molecule has 0 aromatic heterocycles. The highest BCUT2D eigenvalue weighted by Gasteiger charge is 2.50. The monoisotopic (exact) mass is 178 g/mol. The van der Waals surface area contributed by atoms with E-state index < -0.39 is 30.2 Å². The van der Waals surface area contributed by atoms with E-state index in [1.54, 1.807) is 0 Å². The van der Waals surface area contributed by atoms with E-state index in [1.165, 1.54) is 13.8 Å². The molecule has 12 heavy (non-hydrogen) atoms. The van der Waals surface area contributed by atoms with Crippen molar-refractivity contribution in [2.24, 2.45) is 0 Å². The second-order valence-corrected chi connectivity index (χ2v) is 3.35. The van der Waals surface area contributed by atoms with Crippen molar-refractivity contribution >= 4 is 0 Å². The van der Waals surface area contributed by atoms with Crippen LogP contribution in [0.2, 0.25) is 0 Å². The maximum atomic E-state index is 9.51. The molecule has 0 aromatic rings. The van der Waals surface area contributed by atoms with Gasteiger partial charge in [0.15, 0.2) is 6.29 Å². The molecule has 1 aliphatic rings. The smallest absolute Gasteiger partial charge is 0.184 e. The average molecular weight is 178 g/mol. The van der Waals surface area contributed by atoms with Crippen molar-refractivity contribution in [3.8, 4) is 0 Å². The van der Waals surface area contributed by atoms with Crippen LogP contribution in [-0.4, -0.2) is 50.6 Å². The standard InChI is InChI=1S/C7H14O5/c1-3-4(8)7(2,11)5(9)6(10)12-3/h3-6,8-11H,1-2H3/t3-,4+,5+,6+,7-/m1/s1. The first-order chi connectivity index (χ1) is 5.37. The van der Waals surface area contributed by atoms with Crippen molar-refractivity contribution in [1.29, 1.82) is 0 Å². The van der Waals surface area contributed by atoms with Gasteiger partial charge in [-0.2, -0.15) is 0 Å². The summed E-state index contributed by atoms with van der Waals surface area (Å²) in [5.41, 5.74) is -1.73. The van der Waals surface area contributed by atoms with Crippen molar-refractivity contribution in [1.82, 2.24) is 0 Å². The number of hydrogen-bond donors (Lipinski definition) is 4. The van der Waals surface area contributed by atoms with Gasteiger partial charge in [0, 0.05) is 0 Å². The quantitative estimate of drug-likeness (QED) is 0.351. The second kappa shape index (κ2) is 2.93. The molecule has 4 N–H and O–H groups in total. The Morgan fingerprint density at radius 1 is 1.17 bits per heavy atom. The molecule has 5 nitrogen and oxygen atoms in total. The van der Waals surface area contributed by atoms with Crippen LogP contribution in [0.25, 0.3) is 0 Å². The average Bonchev–Trinajstić information content (AvgIpc) is 1.99. The summed E-state index contributed by atoms with van der Waals surface area (Å²) < 4.78 is 4.74. The summed E-state index contributed by atoms with van der Waals surface area (Å²) in [4.78, 5) is 0. The first kappa shape index (κ1) is 9.88. The molecule has 72 valence electrons. The summed E-state index contributed by atoms with van der Waals surface area (Å²) in [6.07, 6.45) is -4.82. The summed E-state index contributed by atoms with van der Waals surface area (Å²) in [6, 6.07) is 0. The van der Waals surface area contributed by atoms with E-state index in [-0.39, 0.29) is 0 Å². The van der Waals surface area contributed by atoms with E-state index in [0.29, 0.717) is 0 Å². The van der Waals surface area contributed by atoms with Crippen LogP contribution < -0.4 is 0 Å². The molecule has 1 rings (SSSR count). The minimum absolute atomic E-state index is 0.696. The van der Waals surface area contributed by atoms with E-state index in [1.807, 2.05) is 0 Å². The normalized spacial score (nSPS) is 55.5. The van der Waals surface area contributed by atoms with Crippen LogP contribution in [0.4, 0.5) is 0 Å². The Balaban J connectivity index is 2.82. The Kier molecular flexibility index (Phi) is 2.42. The summed E-state index contributed by atoms with van der Waals surface area (Å²) in [5, 5.41) is 37.1. The Morgan fingerprint density at radius 3 is 2.17 bits per heavy atom. The maximum absolute atomic E-state index is 9.51. The third-order valence-corrected chi connectivity index (χ3v) is 2.27. The lowest BCUT2D eigenvalue weighted by atomic mass is 9.86. The third-order valence-electron chi connectivity index (χ3n) is 2.27. The predicted molar refractivity (Wildman–Crippen MR) is 39.2 cm³/mol. The minimum Gasteiger partial charge on any atom is -0.387 e. The number of rotatable bonds is 0. The van der Waals surface area contributed by atoms with E-state index in [0.717, 1.165) is 0 Å². The first-order valence-electron chi connectivity index (χ1n) is 3.79. The molecule has 0 aromatic carbocycles. The molecule has 5 heteroatoms. The molecule has 1 aliphatic heterocycles. The van der Waals surface area contributed by atoms with Crippen LogP contribution in [0.15, 0.2) is 0 Å². The van der Waals surface area contributed by atoms with E-state index >= 15 is 0 Å². The maximum Gasteiger partial charge on any atom is 0.184 e. The highest BCUT2D eigenvalue weighted by atomic mass is 16.6. The highest BCUT2D eigenvalue weighted by molar-refractivity contribution is 4.97. The Bertz CT molecular complexity index is 153. The van der Waals surface area contributed by atoms with Crippen LogP contribution in [-0.2, 0) is 4.74 Å². The SMILES string of the molecule is C[C@H]1O[C@H](O)[C@H](O)[C@](C)(O)[C@H]1O. The zero-order chi connectivity index (χ0) is 9.52. The van der Waals surface area contributed by atoms with Crippen LogP contribution in [0.1, 0.15) is 13.8 Å². The molecule has 1 fully saturated rings. The Morgan fingerprint density at radius 2 is 1.67 bits per heavy atom. The highest BCUT2D eigenvalue weighted by Crippen LogP contribution is 2.28. The molecule has 0 aliphatic carbocycles. The van der Waals surface area contributed by atoms with E-state index in [2.05, 4.69) is 0 Å². The van der Waals surface area contributed by atoms with Gasteiger partial charge in [-0.3, -0.25) is 0 Å². The van der Waals surface area contributed by atoms with Gasteiger partial charge in [-0.25, -0.2) is 0 Å². The van der Waals surface area contributed by atoms with Crippen molar-refractivity contribution in [2.75, 3.05) is 0 Å². The Labute approximate surface area is 70.2 Å². The van der Waals surface area contributed by atoms with Crippen molar-refractivity contribution in [3.05, 3.63) is 0 Å². The lowest BCUT2D eigenvalue weighted by Gasteiger charge is -2.43. The van der Waals surface area contributed by atoms with Crippen molar-refractivity contribution in [3.63, 3.8) is 0 Å². The molecule has 5 atom stereocenters. The van der Waals surface area contributed by atoms with Crippen molar-refractivity contribution in [2.45, 2.75) is 44.1 Å². The molecule has 0 amide bonds. The zero-order valence-electron chi connectivity index (χ0n) is 7.01. The van der Waals surface area contributed by atoms with Gasteiger partial charge < -0.3 is 25.2 Å².